The molecule has 150 valence electrons. The van der Waals surface area contributed by atoms with Gasteiger partial charge in [-0.05, 0) is 49.4 Å². The van der Waals surface area contributed by atoms with E-state index in [0.29, 0.717) is 16.8 Å². The maximum absolute atomic E-state index is 13.7. The SMILES string of the molecule is Cc1cccc(NC(=O)c2cc3ccc(O)cc3oc2=Nc2cc(F)ccc2Cl)n1. The normalized spacial score (nSPS) is 11.6. The largest absolute Gasteiger partial charge is 0.508 e. The summed E-state index contributed by atoms with van der Waals surface area (Å²) in [6.07, 6.45) is 0. The number of halogens is 2. The minimum Gasteiger partial charge on any atom is -0.508 e. The van der Waals surface area contributed by atoms with Gasteiger partial charge >= 0.3 is 0 Å². The van der Waals surface area contributed by atoms with Crippen molar-refractivity contribution in [2.75, 3.05) is 5.32 Å². The van der Waals surface area contributed by atoms with Crippen LogP contribution in [-0.4, -0.2) is 16.0 Å². The van der Waals surface area contributed by atoms with Gasteiger partial charge in [0.05, 0.1) is 10.7 Å². The fraction of sp³-hybridized carbons (Fsp3) is 0.0455. The number of rotatable bonds is 3. The van der Waals surface area contributed by atoms with E-state index in [-0.39, 0.29) is 27.6 Å². The highest BCUT2D eigenvalue weighted by atomic mass is 35.5. The van der Waals surface area contributed by atoms with Crippen molar-refractivity contribution in [1.29, 1.82) is 0 Å². The van der Waals surface area contributed by atoms with Crippen LogP contribution in [0.25, 0.3) is 11.0 Å². The molecule has 6 nitrogen and oxygen atoms in total. The van der Waals surface area contributed by atoms with Crippen LogP contribution in [0.3, 0.4) is 0 Å². The lowest BCUT2D eigenvalue weighted by atomic mass is 10.1. The van der Waals surface area contributed by atoms with E-state index >= 15 is 0 Å². The molecule has 2 aromatic carbocycles. The molecule has 30 heavy (non-hydrogen) atoms. The lowest BCUT2D eigenvalue weighted by Gasteiger charge is -2.07. The van der Waals surface area contributed by atoms with E-state index in [1.54, 1.807) is 37.3 Å². The highest BCUT2D eigenvalue weighted by Crippen LogP contribution is 2.26. The Morgan fingerprint density at radius 1 is 1.17 bits per heavy atom. The van der Waals surface area contributed by atoms with Gasteiger partial charge in [0.15, 0.2) is 0 Å². The number of benzene rings is 2. The summed E-state index contributed by atoms with van der Waals surface area (Å²) in [5.41, 5.74) is 1.14. The van der Waals surface area contributed by atoms with Gasteiger partial charge in [0.2, 0.25) is 5.55 Å². The maximum atomic E-state index is 13.7. The molecule has 0 atom stereocenters. The highest BCUT2D eigenvalue weighted by Gasteiger charge is 2.15. The predicted octanol–water partition coefficient (Wildman–Crippen LogP) is 5.12. The molecule has 2 heterocycles. The van der Waals surface area contributed by atoms with Crippen molar-refractivity contribution in [2.24, 2.45) is 4.99 Å². The number of hydrogen-bond donors (Lipinski definition) is 2. The van der Waals surface area contributed by atoms with Crippen LogP contribution in [0, 0.1) is 12.7 Å². The molecule has 0 radical (unpaired) electrons. The van der Waals surface area contributed by atoms with E-state index in [0.717, 1.165) is 11.8 Å². The van der Waals surface area contributed by atoms with Gasteiger partial charge in [0.1, 0.15) is 28.5 Å². The van der Waals surface area contributed by atoms with Gasteiger partial charge < -0.3 is 14.8 Å². The van der Waals surface area contributed by atoms with Crippen LogP contribution in [0.1, 0.15) is 16.1 Å². The summed E-state index contributed by atoms with van der Waals surface area (Å²) in [5, 5.41) is 13.2. The fourth-order valence-corrected chi connectivity index (χ4v) is 2.99. The van der Waals surface area contributed by atoms with Crippen LogP contribution in [0.2, 0.25) is 5.02 Å². The Hall–Kier alpha value is -3.71. The Morgan fingerprint density at radius 3 is 2.80 bits per heavy atom. The van der Waals surface area contributed by atoms with Crippen molar-refractivity contribution in [1.82, 2.24) is 4.98 Å². The van der Waals surface area contributed by atoms with Gasteiger partial charge in [-0.25, -0.2) is 14.4 Å². The molecule has 0 unspecified atom stereocenters. The summed E-state index contributed by atoms with van der Waals surface area (Å²) in [7, 11) is 0. The third kappa shape index (κ3) is 4.16. The Kier molecular flexibility index (Phi) is 5.20. The lowest BCUT2D eigenvalue weighted by Crippen LogP contribution is -2.22. The summed E-state index contributed by atoms with van der Waals surface area (Å²) < 4.78 is 19.4. The van der Waals surface area contributed by atoms with Crippen LogP contribution in [0.5, 0.6) is 5.75 Å². The van der Waals surface area contributed by atoms with Gasteiger partial charge in [-0.3, -0.25) is 4.79 Å². The van der Waals surface area contributed by atoms with Gasteiger partial charge in [-0.1, -0.05) is 17.7 Å². The molecular weight excluding hydrogens is 409 g/mol. The van der Waals surface area contributed by atoms with Crippen molar-refractivity contribution < 1.29 is 18.7 Å². The summed E-state index contributed by atoms with van der Waals surface area (Å²) in [6.45, 7) is 1.81. The fourth-order valence-electron chi connectivity index (χ4n) is 2.83. The number of fused-ring (bicyclic) bond motifs is 1. The van der Waals surface area contributed by atoms with E-state index in [9.17, 15) is 14.3 Å². The van der Waals surface area contributed by atoms with Crippen LogP contribution in [0.15, 0.2) is 70.1 Å². The van der Waals surface area contributed by atoms with Crippen molar-refractivity contribution in [3.63, 3.8) is 0 Å². The molecule has 8 heteroatoms. The quantitative estimate of drug-likeness (QED) is 0.478. The van der Waals surface area contributed by atoms with Crippen molar-refractivity contribution in [3.05, 3.63) is 88.3 Å². The molecule has 0 saturated carbocycles. The number of amides is 1. The smallest absolute Gasteiger partial charge is 0.262 e. The third-order valence-corrected chi connectivity index (χ3v) is 4.56. The summed E-state index contributed by atoms with van der Waals surface area (Å²) >= 11 is 6.12. The number of phenolic OH excluding ortho intramolecular Hbond substituents is 1. The van der Waals surface area contributed by atoms with Gasteiger partial charge in [0.25, 0.3) is 5.91 Å². The van der Waals surface area contributed by atoms with Crippen molar-refractivity contribution >= 4 is 40.0 Å². The summed E-state index contributed by atoms with van der Waals surface area (Å²) in [5.74, 6) is -0.702. The molecule has 2 aromatic heterocycles. The van der Waals surface area contributed by atoms with Gasteiger partial charge in [-0.15, -0.1) is 0 Å². The molecule has 0 spiro atoms. The first-order chi connectivity index (χ1) is 14.4. The van der Waals surface area contributed by atoms with E-state index in [1.807, 2.05) is 0 Å². The summed E-state index contributed by atoms with van der Waals surface area (Å²) in [4.78, 5) is 21.5. The monoisotopic (exact) mass is 423 g/mol. The zero-order valence-electron chi connectivity index (χ0n) is 15.7. The molecule has 0 saturated heterocycles. The van der Waals surface area contributed by atoms with Crippen LogP contribution >= 0.6 is 11.6 Å². The lowest BCUT2D eigenvalue weighted by molar-refractivity contribution is 0.102. The number of nitrogens with one attached hydrogen (secondary N) is 1. The number of aryl methyl sites for hydroxylation is 1. The average molecular weight is 424 g/mol. The first-order valence-electron chi connectivity index (χ1n) is 8.91. The Labute approximate surface area is 175 Å². The average Bonchev–Trinajstić information content (AvgIpc) is 2.70. The van der Waals surface area contributed by atoms with E-state index in [2.05, 4.69) is 15.3 Å². The molecule has 0 bridgehead atoms. The number of aromatic nitrogens is 1. The summed E-state index contributed by atoms with van der Waals surface area (Å²) in [6, 6.07) is 15.0. The Balaban J connectivity index is 1.89. The topological polar surface area (TPSA) is 87.7 Å². The number of phenols is 1. The molecule has 0 aliphatic heterocycles. The first-order valence-corrected chi connectivity index (χ1v) is 9.28. The molecule has 0 aliphatic rings. The number of carbonyl (C=O) groups is 1. The standard InChI is InChI=1S/C22H15ClFN3O3/c1-12-3-2-4-20(25-12)27-21(29)16-9-13-5-7-15(28)11-19(13)30-22(16)26-18-10-14(24)6-8-17(18)23/h2-11,28H,1H3,(H,25,27,29). The minimum atomic E-state index is -0.536. The Morgan fingerprint density at radius 2 is 2.00 bits per heavy atom. The first kappa shape index (κ1) is 19.6. The molecule has 1 amide bonds. The van der Waals surface area contributed by atoms with E-state index in [1.165, 1.54) is 24.3 Å². The van der Waals surface area contributed by atoms with Crippen molar-refractivity contribution in [2.45, 2.75) is 6.92 Å². The Bertz CT molecular complexity index is 1350. The number of pyridine rings is 1. The van der Waals surface area contributed by atoms with Crippen LogP contribution in [-0.2, 0) is 0 Å². The second-order valence-corrected chi connectivity index (χ2v) is 6.92. The zero-order chi connectivity index (χ0) is 21.3. The van der Waals surface area contributed by atoms with Gasteiger partial charge in [0, 0.05) is 23.2 Å². The molecule has 4 aromatic rings. The molecular formula is C22H15ClFN3O3. The second-order valence-electron chi connectivity index (χ2n) is 6.51. The van der Waals surface area contributed by atoms with Crippen LogP contribution in [0.4, 0.5) is 15.9 Å². The van der Waals surface area contributed by atoms with Gasteiger partial charge in [-0.2, -0.15) is 0 Å². The maximum Gasteiger partial charge on any atom is 0.262 e. The third-order valence-electron chi connectivity index (χ3n) is 4.24. The number of aromatic hydroxyl groups is 1. The molecule has 4 rings (SSSR count). The number of nitrogens with zero attached hydrogens (tertiary/aromatic N) is 2. The zero-order valence-corrected chi connectivity index (χ0v) is 16.4. The second kappa shape index (κ2) is 7.96. The number of carbonyl (C=O) groups excluding carboxylic acids is 1. The highest BCUT2D eigenvalue weighted by molar-refractivity contribution is 6.32. The minimum absolute atomic E-state index is 0.0119. The predicted molar refractivity (Wildman–Crippen MR) is 111 cm³/mol. The van der Waals surface area contributed by atoms with E-state index in [4.69, 9.17) is 16.0 Å². The number of anilines is 1. The van der Waals surface area contributed by atoms with Crippen molar-refractivity contribution in [3.8, 4) is 5.75 Å². The molecule has 0 fully saturated rings. The molecule has 2 N–H and O–H groups in total. The van der Waals surface area contributed by atoms with E-state index < -0.39 is 11.7 Å². The van der Waals surface area contributed by atoms with Crippen LogP contribution < -0.4 is 10.9 Å². The molecule has 0 aliphatic carbocycles. The number of hydrogen-bond acceptors (Lipinski definition) is 5.